The summed E-state index contributed by atoms with van der Waals surface area (Å²) in [5.74, 6) is 1.93. The highest BCUT2D eigenvalue weighted by Gasteiger charge is 2.30. The van der Waals surface area contributed by atoms with Crippen molar-refractivity contribution in [1.29, 1.82) is 0 Å². The number of benzene rings is 3. The first kappa shape index (κ1) is 23.3. The lowest BCUT2D eigenvalue weighted by Gasteiger charge is -2.33. The summed E-state index contributed by atoms with van der Waals surface area (Å²) >= 11 is 0. The lowest BCUT2D eigenvalue weighted by molar-refractivity contribution is 0.0672. The Morgan fingerprint density at radius 1 is 1.00 bits per heavy atom. The quantitative estimate of drug-likeness (QED) is 0.564. The molecule has 1 saturated heterocycles. The van der Waals surface area contributed by atoms with E-state index in [1.54, 1.807) is 0 Å². The number of β-amino-alcohol motifs (C(OH)–C–C–N with tert-alkyl or cyclic N) is 1. The van der Waals surface area contributed by atoms with Crippen LogP contribution in [0.25, 0.3) is 10.8 Å². The van der Waals surface area contributed by atoms with Crippen molar-refractivity contribution in [3.05, 3.63) is 71.3 Å². The van der Waals surface area contributed by atoms with Gasteiger partial charge in [0.15, 0.2) is 11.5 Å². The maximum absolute atomic E-state index is 13.3. The van der Waals surface area contributed by atoms with Crippen molar-refractivity contribution >= 4 is 16.7 Å². The molecule has 188 valence electrons. The second-order valence-electron chi connectivity index (χ2n) is 10.5. The molecule has 0 bridgehead atoms. The van der Waals surface area contributed by atoms with Gasteiger partial charge in [-0.05, 0) is 65.8 Å². The minimum Gasteiger partial charge on any atom is -0.454 e. The molecule has 1 amide bonds. The normalized spacial score (nSPS) is 20.9. The van der Waals surface area contributed by atoms with Crippen molar-refractivity contribution in [2.45, 2.75) is 38.2 Å². The Bertz CT molecular complexity index is 1250. The van der Waals surface area contributed by atoms with Crippen LogP contribution in [0.5, 0.6) is 11.5 Å². The van der Waals surface area contributed by atoms with Gasteiger partial charge in [0.2, 0.25) is 6.79 Å². The highest BCUT2D eigenvalue weighted by molar-refractivity contribution is 5.97. The molecule has 2 atom stereocenters. The van der Waals surface area contributed by atoms with Gasteiger partial charge < -0.3 is 24.4 Å². The third kappa shape index (κ3) is 4.80. The standard InChI is InChI=1S/C30H34N2O4/c33-25(14-23-9-5-8-22-7-1-2-10-26(22)23)19-31-12-4-3-6-21(17-31)18-32-13-11-24-15-28-29(36-20-35-28)16-27(24)30(32)34/h1-2,5,7-10,15-16,21,25,33H,3-4,6,11-14,17-20H2. The number of hydrogen-bond acceptors (Lipinski definition) is 5. The van der Waals surface area contributed by atoms with Crippen molar-refractivity contribution in [2.24, 2.45) is 5.92 Å². The van der Waals surface area contributed by atoms with Gasteiger partial charge in [0.05, 0.1) is 6.10 Å². The predicted molar refractivity (Wildman–Crippen MR) is 140 cm³/mol. The van der Waals surface area contributed by atoms with Crippen LogP contribution in [0.1, 0.15) is 40.7 Å². The second kappa shape index (κ2) is 10.1. The highest BCUT2D eigenvalue weighted by atomic mass is 16.7. The lowest BCUT2D eigenvalue weighted by Crippen LogP contribution is -2.44. The van der Waals surface area contributed by atoms with Crippen molar-refractivity contribution in [2.75, 3.05) is 39.5 Å². The summed E-state index contributed by atoms with van der Waals surface area (Å²) in [6.07, 6.45) is 4.50. The van der Waals surface area contributed by atoms with Gasteiger partial charge in [-0.1, -0.05) is 48.9 Å². The number of carbonyl (C=O) groups is 1. The first-order valence-corrected chi connectivity index (χ1v) is 13.2. The second-order valence-corrected chi connectivity index (χ2v) is 10.5. The minimum absolute atomic E-state index is 0.0985. The van der Waals surface area contributed by atoms with E-state index in [9.17, 15) is 9.90 Å². The molecular formula is C30H34N2O4. The molecule has 2 unspecified atom stereocenters. The Morgan fingerprint density at radius 3 is 2.75 bits per heavy atom. The van der Waals surface area contributed by atoms with Gasteiger partial charge >= 0.3 is 0 Å². The van der Waals surface area contributed by atoms with Crippen molar-refractivity contribution < 1.29 is 19.4 Å². The van der Waals surface area contributed by atoms with E-state index in [0.717, 1.165) is 68.7 Å². The third-order valence-electron chi connectivity index (χ3n) is 7.90. The van der Waals surface area contributed by atoms with E-state index >= 15 is 0 Å². The Kier molecular flexibility index (Phi) is 6.55. The van der Waals surface area contributed by atoms with Gasteiger partial charge in [-0.2, -0.15) is 0 Å². The number of carbonyl (C=O) groups excluding carboxylic acids is 1. The van der Waals surface area contributed by atoms with E-state index in [4.69, 9.17) is 9.47 Å². The summed E-state index contributed by atoms with van der Waals surface area (Å²) in [6, 6.07) is 18.5. The van der Waals surface area contributed by atoms with Crippen molar-refractivity contribution in [3.8, 4) is 11.5 Å². The molecule has 1 fully saturated rings. The molecule has 3 aliphatic heterocycles. The van der Waals surface area contributed by atoms with Crippen LogP contribution in [-0.2, 0) is 12.8 Å². The van der Waals surface area contributed by atoms with E-state index in [1.165, 1.54) is 16.3 Å². The van der Waals surface area contributed by atoms with Crippen LogP contribution >= 0.6 is 0 Å². The summed E-state index contributed by atoms with van der Waals surface area (Å²) in [5, 5.41) is 13.5. The molecule has 6 nitrogen and oxygen atoms in total. The van der Waals surface area contributed by atoms with Crippen LogP contribution in [-0.4, -0.2) is 66.4 Å². The minimum atomic E-state index is -0.414. The van der Waals surface area contributed by atoms with E-state index in [-0.39, 0.29) is 12.7 Å². The Hall–Kier alpha value is -3.09. The zero-order valence-electron chi connectivity index (χ0n) is 20.7. The summed E-state index contributed by atoms with van der Waals surface area (Å²) < 4.78 is 11.0. The number of fused-ring (bicyclic) bond motifs is 3. The van der Waals surface area contributed by atoms with Crippen molar-refractivity contribution in [1.82, 2.24) is 9.80 Å². The monoisotopic (exact) mass is 486 g/mol. The Labute approximate surface area is 212 Å². The average Bonchev–Trinajstić information content (AvgIpc) is 3.23. The predicted octanol–water partition coefficient (Wildman–Crippen LogP) is 4.27. The Morgan fingerprint density at radius 2 is 1.83 bits per heavy atom. The van der Waals surface area contributed by atoms with Gasteiger partial charge in [-0.25, -0.2) is 0 Å². The van der Waals surface area contributed by atoms with Gasteiger partial charge in [0, 0.05) is 38.2 Å². The molecule has 1 N–H and O–H groups in total. The van der Waals surface area contributed by atoms with Crippen LogP contribution in [0, 0.1) is 5.92 Å². The molecule has 0 aliphatic carbocycles. The van der Waals surface area contributed by atoms with Gasteiger partial charge in [0.25, 0.3) is 5.91 Å². The van der Waals surface area contributed by atoms with Gasteiger partial charge in [0.1, 0.15) is 0 Å². The van der Waals surface area contributed by atoms with E-state index in [2.05, 4.69) is 47.4 Å². The molecule has 6 heteroatoms. The molecule has 36 heavy (non-hydrogen) atoms. The topological polar surface area (TPSA) is 62.2 Å². The number of nitrogens with zero attached hydrogens (tertiary/aromatic N) is 2. The number of amides is 1. The largest absolute Gasteiger partial charge is 0.454 e. The summed E-state index contributed by atoms with van der Waals surface area (Å²) in [4.78, 5) is 17.8. The molecule has 6 rings (SSSR count). The zero-order valence-corrected chi connectivity index (χ0v) is 20.7. The molecule has 0 radical (unpaired) electrons. The molecule has 3 aromatic carbocycles. The SMILES string of the molecule is O=C1c2cc3c(cc2CCN1CC1CCCCN(CC(O)Cc2cccc4ccccc24)C1)OCO3. The zero-order chi connectivity index (χ0) is 24.5. The number of aliphatic hydroxyl groups is 1. The molecule has 0 aromatic heterocycles. The van der Waals surface area contributed by atoms with Crippen molar-refractivity contribution in [3.63, 3.8) is 0 Å². The summed E-state index contributed by atoms with van der Waals surface area (Å²) in [6.45, 7) is 4.32. The number of rotatable bonds is 6. The number of ether oxygens (including phenoxy) is 2. The number of likely N-dealkylation sites (tertiary alicyclic amines) is 1. The smallest absolute Gasteiger partial charge is 0.254 e. The fourth-order valence-electron chi connectivity index (χ4n) is 6.12. The van der Waals surface area contributed by atoms with Crippen LogP contribution in [0.3, 0.4) is 0 Å². The molecule has 3 aromatic rings. The number of aliphatic hydroxyl groups excluding tert-OH is 1. The lowest BCUT2D eigenvalue weighted by atomic mass is 9.95. The third-order valence-corrected chi connectivity index (χ3v) is 7.90. The van der Waals surface area contributed by atoms with E-state index in [1.807, 2.05) is 17.0 Å². The van der Waals surface area contributed by atoms with Crippen LogP contribution < -0.4 is 9.47 Å². The van der Waals surface area contributed by atoms with E-state index in [0.29, 0.717) is 24.6 Å². The maximum Gasteiger partial charge on any atom is 0.254 e. The maximum atomic E-state index is 13.3. The van der Waals surface area contributed by atoms with Crippen LogP contribution in [0.2, 0.25) is 0 Å². The number of hydrogen-bond donors (Lipinski definition) is 1. The first-order chi connectivity index (χ1) is 17.6. The van der Waals surface area contributed by atoms with Gasteiger partial charge in [-0.15, -0.1) is 0 Å². The first-order valence-electron chi connectivity index (χ1n) is 13.2. The van der Waals surface area contributed by atoms with Crippen LogP contribution in [0.15, 0.2) is 54.6 Å². The van der Waals surface area contributed by atoms with Gasteiger partial charge in [-0.3, -0.25) is 4.79 Å². The van der Waals surface area contributed by atoms with Crippen LogP contribution in [0.4, 0.5) is 0 Å². The van der Waals surface area contributed by atoms with E-state index < -0.39 is 6.10 Å². The Balaban J connectivity index is 1.09. The summed E-state index contributed by atoms with van der Waals surface area (Å²) in [5.41, 5.74) is 3.01. The fraction of sp³-hybridized carbons (Fsp3) is 0.433. The molecule has 0 spiro atoms. The molecular weight excluding hydrogens is 452 g/mol. The fourth-order valence-corrected chi connectivity index (χ4v) is 6.12. The molecule has 0 saturated carbocycles. The molecule has 3 aliphatic rings. The average molecular weight is 487 g/mol. The highest BCUT2D eigenvalue weighted by Crippen LogP contribution is 2.37. The molecule has 3 heterocycles. The summed E-state index contributed by atoms with van der Waals surface area (Å²) in [7, 11) is 0.